The van der Waals surface area contributed by atoms with Crippen LogP contribution >= 0.6 is 23.5 Å². The summed E-state index contributed by atoms with van der Waals surface area (Å²) in [4.78, 5) is 34.0. The molecule has 0 aromatic rings. The van der Waals surface area contributed by atoms with E-state index in [1.807, 2.05) is 25.3 Å². The Morgan fingerprint density at radius 3 is 2.85 bits per heavy atom. The van der Waals surface area contributed by atoms with E-state index in [4.69, 9.17) is 4.99 Å². The minimum atomic E-state index is -1.13. The molecule has 186 valence electrons. The summed E-state index contributed by atoms with van der Waals surface area (Å²) in [6.07, 6.45) is 4.09. The standard InChI is InChI=1S/C24H33N3O5S2/c1-5-7-26-11-16(9-17(26)12-28)15-6-8-33-23(25-10-15)34-20-13(2)24(4)18(14(3)29)21(30)27(24)19(20)22(31)32/h5-6,8,13-18,28-29H,1,7,9-12H2,2-4H3,(H,31,32)/t13-,14+,15?,16+,17-,18?,24+/m0/s1. The SMILES string of the molecule is C=CCN1C[C@H](C2C=CSC(SC3=C(C(=O)O)N4C(=O)C([C@@H](C)O)[C@@]4(C)[C@H]3C)=NC2)C[C@H]1CO. The van der Waals surface area contributed by atoms with E-state index >= 15 is 0 Å². The maximum Gasteiger partial charge on any atom is 0.353 e. The summed E-state index contributed by atoms with van der Waals surface area (Å²) in [5.74, 6) is -1.71. The Morgan fingerprint density at radius 1 is 1.50 bits per heavy atom. The number of hydrogen-bond donors (Lipinski definition) is 3. The number of aliphatic hydroxyl groups excluding tert-OH is 2. The normalized spacial score (nSPS) is 36.7. The molecule has 4 aliphatic rings. The number of fused-ring (bicyclic) bond motifs is 1. The first-order valence-electron chi connectivity index (χ1n) is 11.7. The van der Waals surface area contributed by atoms with E-state index in [9.17, 15) is 24.9 Å². The fourth-order valence-corrected chi connectivity index (χ4v) is 8.16. The molecule has 34 heavy (non-hydrogen) atoms. The first-order valence-corrected chi connectivity index (χ1v) is 13.4. The Morgan fingerprint density at radius 2 is 2.24 bits per heavy atom. The number of β-lactam (4-membered cyclic amide) rings is 1. The Labute approximate surface area is 208 Å². The van der Waals surface area contributed by atoms with Crippen LogP contribution in [0.5, 0.6) is 0 Å². The van der Waals surface area contributed by atoms with Crippen LogP contribution in [-0.4, -0.2) is 85.3 Å². The quantitative estimate of drug-likeness (QED) is 0.356. The molecule has 3 N–H and O–H groups in total. The van der Waals surface area contributed by atoms with Crippen molar-refractivity contribution in [2.45, 2.75) is 44.9 Å². The third kappa shape index (κ3) is 4.07. The second-order valence-electron chi connectivity index (χ2n) is 9.75. The van der Waals surface area contributed by atoms with E-state index in [1.54, 1.807) is 6.92 Å². The second-order valence-corrected chi connectivity index (χ2v) is 11.9. The van der Waals surface area contributed by atoms with Crippen LogP contribution in [0, 0.1) is 23.7 Å². The summed E-state index contributed by atoms with van der Waals surface area (Å²) in [5.41, 5.74) is -0.746. The first kappa shape index (κ1) is 25.5. The number of hydrogen-bond acceptors (Lipinski definition) is 8. The van der Waals surface area contributed by atoms with Crippen LogP contribution in [0.1, 0.15) is 27.2 Å². The molecule has 0 spiro atoms. The highest BCUT2D eigenvalue weighted by atomic mass is 32.2. The highest BCUT2D eigenvalue weighted by Crippen LogP contribution is 2.58. The van der Waals surface area contributed by atoms with Crippen LogP contribution in [-0.2, 0) is 9.59 Å². The van der Waals surface area contributed by atoms with Crippen molar-refractivity contribution in [1.29, 1.82) is 0 Å². The molecule has 0 aliphatic carbocycles. The van der Waals surface area contributed by atoms with E-state index < -0.39 is 23.5 Å². The molecule has 10 heteroatoms. The maximum absolute atomic E-state index is 12.7. The number of aliphatic carboxylic acids is 1. The lowest BCUT2D eigenvalue weighted by molar-refractivity contribution is -0.177. The van der Waals surface area contributed by atoms with Crippen molar-refractivity contribution in [3.63, 3.8) is 0 Å². The van der Waals surface area contributed by atoms with Crippen LogP contribution in [0.3, 0.4) is 0 Å². The Kier molecular flexibility index (Phi) is 7.36. The van der Waals surface area contributed by atoms with Crippen LogP contribution in [0.4, 0.5) is 0 Å². The van der Waals surface area contributed by atoms with Gasteiger partial charge in [-0.05, 0) is 31.6 Å². The Bertz CT molecular complexity index is 964. The summed E-state index contributed by atoms with van der Waals surface area (Å²) < 4.78 is 0.756. The van der Waals surface area contributed by atoms with Gasteiger partial charge in [0, 0.05) is 42.4 Å². The zero-order valence-corrected chi connectivity index (χ0v) is 21.4. The first-order chi connectivity index (χ1) is 16.1. The number of likely N-dealkylation sites (tertiary alicyclic amines) is 1. The van der Waals surface area contributed by atoms with Gasteiger partial charge in [0.2, 0.25) is 5.91 Å². The third-order valence-electron chi connectivity index (χ3n) is 7.87. The number of carbonyl (C=O) groups excluding carboxylic acids is 1. The largest absolute Gasteiger partial charge is 0.477 e. The van der Waals surface area contributed by atoms with Gasteiger partial charge in [-0.1, -0.05) is 42.6 Å². The van der Waals surface area contributed by atoms with Crippen molar-refractivity contribution in [3.05, 3.63) is 34.7 Å². The summed E-state index contributed by atoms with van der Waals surface area (Å²) in [6, 6.07) is 0.136. The fraction of sp³-hybridized carbons (Fsp3) is 0.625. The molecule has 2 saturated heterocycles. The molecule has 4 aliphatic heterocycles. The lowest BCUT2D eigenvalue weighted by atomic mass is 9.67. The smallest absolute Gasteiger partial charge is 0.353 e. The van der Waals surface area contributed by atoms with Crippen molar-refractivity contribution in [3.8, 4) is 0 Å². The number of carboxylic acid groups (broad SMARTS) is 1. The highest BCUT2D eigenvalue weighted by molar-refractivity contribution is 8.41. The number of nitrogens with zero attached hydrogens (tertiary/aromatic N) is 3. The van der Waals surface area contributed by atoms with E-state index in [1.165, 1.54) is 28.4 Å². The van der Waals surface area contributed by atoms with Crippen molar-refractivity contribution in [2.24, 2.45) is 28.7 Å². The number of aliphatic hydroxyl groups is 2. The molecule has 0 aromatic carbocycles. The van der Waals surface area contributed by atoms with Gasteiger partial charge in [0.1, 0.15) is 10.1 Å². The van der Waals surface area contributed by atoms with Crippen LogP contribution < -0.4 is 0 Å². The molecule has 1 amide bonds. The van der Waals surface area contributed by atoms with Crippen molar-refractivity contribution < 1.29 is 24.9 Å². The summed E-state index contributed by atoms with van der Waals surface area (Å²) in [5, 5.41) is 31.9. The van der Waals surface area contributed by atoms with E-state index in [0.29, 0.717) is 17.4 Å². The highest BCUT2D eigenvalue weighted by Gasteiger charge is 2.68. The molecule has 0 bridgehead atoms. The minimum Gasteiger partial charge on any atom is -0.477 e. The number of carbonyl (C=O) groups is 2. The molecule has 4 heterocycles. The predicted molar refractivity (Wildman–Crippen MR) is 135 cm³/mol. The van der Waals surface area contributed by atoms with Gasteiger partial charge in [-0.3, -0.25) is 19.6 Å². The third-order valence-corrected chi connectivity index (χ3v) is 10.1. The lowest BCUT2D eigenvalue weighted by Crippen LogP contribution is -2.71. The van der Waals surface area contributed by atoms with E-state index in [0.717, 1.165) is 23.9 Å². The van der Waals surface area contributed by atoms with E-state index in [-0.39, 0.29) is 36.1 Å². The van der Waals surface area contributed by atoms with Crippen molar-refractivity contribution in [2.75, 3.05) is 26.2 Å². The van der Waals surface area contributed by atoms with E-state index in [2.05, 4.69) is 17.6 Å². The van der Waals surface area contributed by atoms with Gasteiger partial charge in [-0.2, -0.15) is 0 Å². The average Bonchev–Trinajstić information content (AvgIpc) is 3.14. The summed E-state index contributed by atoms with van der Waals surface area (Å²) in [7, 11) is 0. The van der Waals surface area contributed by atoms with Crippen LogP contribution in [0.25, 0.3) is 0 Å². The number of rotatable bonds is 7. The van der Waals surface area contributed by atoms with Gasteiger partial charge < -0.3 is 15.3 Å². The van der Waals surface area contributed by atoms with Gasteiger partial charge in [-0.15, -0.1) is 6.58 Å². The summed E-state index contributed by atoms with van der Waals surface area (Å²) in [6.45, 7) is 11.5. The molecular formula is C24H33N3O5S2. The fourth-order valence-electron chi connectivity index (χ4n) is 5.97. The molecular weight excluding hydrogens is 474 g/mol. The second kappa shape index (κ2) is 9.81. The predicted octanol–water partition coefficient (Wildman–Crippen LogP) is 2.36. The molecule has 7 atom stereocenters. The molecule has 2 unspecified atom stereocenters. The summed E-state index contributed by atoms with van der Waals surface area (Å²) >= 11 is 2.80. The molecule has 8 nitrogen and oxygen atoms in total. The maximum atomic E-state index is 12.7. The van der Waals surface area contributed by atoms with Gasteiger partial charge in [0.15, 0.2) is 0 Å². The molecule has 0 radical (unpaired) electrons. The van der Waals surface area contributed by atoms with Gasteiger partial charge in [-0.25, -0.2) is 4.79 Å². The van der Waals surface area contributed by atoms with Crippen molar-refractivity contribution >= 4 is 39.8 Å². The van der Waals surface area contributed by atoms with Crippen LogP contribution in [0.15, 0.2) is 39.7 Å². The molecule has 2 fully saturated rings. The van der Waals surface area contributed by atoms with Crippen LogP contribution in [0.2, 0.25) is 0 Å². The molecule has 0 aromatic heterocycles. The van der Waals surface area contributed by atoms with Gasteiger partial charge >= 0.3 is 5.97 Å². The average molecular weight is 508 g/mol. The number of aliphatic imine (C=N–C) groups is 1. The van der Waals surface area contributed by atoms with Crippen molar-refractivity contribution in [1.82, 2.24) is 9.80 Å². The van der Waals surface area contributed by atoms with Gasteiger partial charge in [0.05, 0.1) is 24.2 Å². The number of amides is 1. The molecule has 4 rings (SSSR count). The zero-order valence-electron chi connectivity index (χ0n) is 19.8. The molecule has 0 saturated carbocycles. The lowest BCUT2D eigenvalue weighted by Gasteiger charge is -2.55. The Hall–Kier alpha value is -1.59. The van der Waals surface area contributed by atoms with Gasteiger partial charge in [0.25, 0.3) is 0 Å². The minimum absolute atomic E-state index is 0.0108. The Balaban J connectivity index is 1.52. The number of thioether (sulfide) groups is 2. The zero-order chi connectivity index (χ0) is 24.8. The topological polar surface area (TPSA) is 114 Å². The monoisotopic (exact) mass is 507 g/mol. The number of carboxylic acids is 1.